The molecule has 2 amide bonds. The Kier molecular flexibility index (Phi) is 5.08. The van der Waals surface area contributed by atoms with Crippen molar-refractivity contribution in [3.05, 3.63) is 24.3 Å². The Balaban J connectivity index is 1.86. The fourth-order valence-electron chi connectivity index (χ4n) is 2.27. The van der Waals surface area contributed by atoms with Crippen molar-refractivity contribution in [1.29, 1.82) is 0 Å². The van der Waals surface area contributed by atoms with Crippen molar-refractivity contribution in [3.8, 4) is 11.5 Å². The van der Waals surface area contributed by atoms with Gasteiger partial charge in [-0.3, -0.25) is 4.79 Å². The van der Waals surface area contributed by atoms with Gasteiger partial charge >= 0.3 is 6.09 Å². The van der Waals surface area contributed by atoms with E-state index in [1.54, 1.807) is 28.9 Å². The van der Waals surface area contributed by atoms with Crippen LogP contribution in [0.1, 0.15) is 6.92 Å². The van der Waals surface area contributed by atoms with Crippen LogP contribution in [-0.2, 0) is 9.53 Å². The molecule has 1 heterocycles. The maximum absolute atomic E-state index is 12.3. The molecule has 120 valence electrons. The number of phenolic OH excluding ortho intramolecular Hbond substituents is 1. The number of hydrogen-bond acceptors (Lipinski definition) is 5. The van der Waals surface area contributed by atoms with E-state index in [0.717, 1.165) is 0 Å². The Labute approximate surface area is 129 Å². The molecule has 22 heavy (non-hydrogen) atoms. The Morgan fingerprint density at radius 2 is 1.64 bits per heavy atom. The number of carbonyl (C=O) groups is 2. The fraction of sp³-hybridized carbons (Fsp3) is 0.467. The SMILES string of the molecule is COC(=O)N1CCN(C(=O)C(C)Oc2ccc(O)cc2)CC1. The van der Waals surface area contributed by atoms with Gasteiger partial charge in [0.05, 0.1) is 7.11 Å². The average molecular weight is 308 g/mol. The maximum Gasteiger partial charge on any atom is 0.409 e. The summed E-state index contributed by atoms with van der Waals surface area (Å²) in [5.74, 6) is 0.537. The van der Waals surface area contributed by atoms with Gasteiger partial charge in [0, 0.05) is 26.2 Å². The van der Waals surface area contributed by atoms with E-state index in [0.29, 0.717) is 31.9 Å². The lowest BCUT2D eigenvalue weighted by atomic mass is 10.2. The van der Waals surface area contributed by atoms with Crippen molar-refractivity contribution in [2.75, 3.05) is 33.3 Å². The Bertz CT molecular complexity index is 523. The number of phenols is 1. The molecule has 1 atom stereocenters. The number of carbonyl (C=O) groups excluding carboxylic acids is 2. The summed E-state index contributed by atoms with van der Waals surface area (Å²) in [6.45, 7) is 3.49. The Hall–Kier alpha value is -2.44. The summed E-state index contributed by atoms with van der Waals surface area (Å²) in [5, 5.41) is 9.22. The van der Waals surface area contributed by atoms with Crippen LogP contribution in [0, 0.1) is 0 Å². The molecule has 1 aliphatic heterocycles. The third-order valence-corrected chi connectivity index (χ3v) is 3.52. The van der Waals surface area contributed by atoms with E-state index in [-0.39, 0.29) is 17.7 Å². The highest BCUT2D eigenvalue weighted by Gasteiger charge is 2.28. The first-order valence-electron chi connectivity index (χ1n) is 7.08. The molecular weight excluding hydrogens is 288 g/mol. The van der Waals surface area contributed by atoms with Gasteiger partial charge in [-0.05, 0) is 31.2 Å². The fourth-order valence-corrected chi connectivity index (χ4v) is 2.27. The molecular formula is C15H20N2O5. The van der Waals surface area contributed by atoms with Gasteiger partial charge in [0.25, 0.3) is 5.91 Å². The molecule has 0 aliphatic carbocycles. The lowest BCUT2D eigenvalue weighted by molar-refractivity contribution is -0.139. The quantitative estimate of drug-likeness (QED) is 0.903. The lowest BCUT2D eigenvalue weighted by Crippen LogP contribution is -2.53. The highest BCUT2D eigenvalue weighted by atomic mass is 16.5. The first-order chi connectivity index (χ1) is 10.5. The molecule has 1 saturated heterocycles. The molecule has 1 aromatic rings. The van der Waals surface area contributed by atoms with Crippen LogP contribution in [0.25, 0.3) is 0 Å². The first-order valence-corrected chi connectivity index (χ1v) is 7.08. The average Bonchev–Trinajstić information content (AvgIpc) is 2.55. The predicted octanol–water partition coefficient (Wildman–Crippen LogP) is 1.07. The zero-order chi connectivity index (χ0) is 16.1. The first kappa shape index (κ1) is 15.9. The van der Waals surface area contributed by atoms with E-state index in [9.17, 15) is 14.7 Å². The summed E-state index contributed by atoms with van der Waals surface area (Å²) in [7, 11) is 1.34. The summed E-state index contributed by atoms with van der Waals surface area (Å²) in [6.07, 6.45) is -1.00. The smallest absolute Gasteiger partial charge is 0.409 e. The molecule has 1 fully saturated rings. The maximum atomic E-state index is 12.3. The van der Waals surface area contributed by atoms with Gasteiger partial charge in [0.2, 0.25) is 0 Å². The molecule has 1 unspecified atom stereocenters. The minimum atomic E-state index is -0.630. The van der Waals surface area contributed by atoms with E-state index in [1.807, 2.05) is 0 Å². The summed E-state index contributed by atoms with van der Waals surface area (Å²) >= 11 is 0. The Morgan fingerprint density at radius 1 is 1.09 bits per heavy atom. The second-order valence-electron chi connectivity index (χ2n) is 5.04. The van der Waals surface area contributed by atoms with E-state index in [2.05, 4.69) is 4.74 Å². The Morgan fingerprint density at radius 3 is 2.18 bits per heavy atom. The van der Waals surface area contributed by atoms with Crippen LogP contribution in [0.15, 0.2) is 24.3 Å². The molecule has 0 bridgehead atoms. The summed E-state index contributed by atoms with van der Waals surface area (Å²) in [6, 6.07) is 6.21. The van der Waals surface area contributed by atoms with Crippen LogP contribution in [-0.4, -0.2) is 66.3 Å². The molecule has 1 aliphatic rings. The normalized spacial score (nSPS) is 16.1. The van der Waals surface area contributed by atoms with Gasteiger partial charge < -0.3 is 24.4 Å². The molecule has 1 aromatic carbocycles. The number of benzene rings is 1. The van der Waals surface area contributed by atoms with Crippen molar-refractivity contribution in [3.63, 3.8) is 0 Å². The molecule has 0 radical (unpaired) electrons. The summed E-state index contributed by atoms with van der Waals surface area (Å²) < 4.78 is 10.2. The van der Waals surface area contributed by atoms with Crippen molar-refractivity contribution < 1.29 is 24.2 Å². The van der Waals surface area contributed by atoms with E-state index >= 15 is 0 Å². The molecule has 2 rings (SSSR count). The second kappa shape index (κ2) is 7.02. The third-order valence-electron chi connectivity index (χ3n) is 3.52. The van der Waals surface area contributed by atoms with Gasteiger partial charge in [-0.1, -0.05) is 0 Å². The zero-order valence-corrected chi connectivity index (χ0v) is 12.7. The molecule has 0 saturated carbocycles. The minimum Gasteiger partial charge on any atom is -0.508 e. The number of rotatable bonds is 3. The topological polar surface area (TPSA) is 79.3 Å². The van der Waals surface area contributed by atoms with Gasteiger partial charge in [-0.25, -0.2) is 4.79 Å². The van der Waals surface area contributed by atoms with Gasteiger partial charge in [-0.15, -0.1) is 0 Å². The summed E-state index contributed by atoms with van der Waals surface area (Å²) in [4.78, 5) is 27.0. The molecule has 0 aromatic heterocycles. The summed E-state index contributed by atoms with van der Waals surface area (Å²) in [5.41, 5.74) is 0. The number of nitrogens with zero attached hydrogens (tertiary/aromatic N) is 2. The monoisotopic (exact) mass is 308 g/mol. The number of hydrogen-bond donors (Lipinski definition) is 1. The number of ether oxygens (including phenoxy) is 2. The van der Waals surface area contributed by atoms with Gasteiger partial charge in [-0.2, -0.15) is 0 Å². The number of amides is 2. The van der Waals surface area contributed by atoms with E-state index < -0.39 is 6.10 Å². The van der Waals surface area contributed by atoms with Crippen molar-refractivity contribution >= 4 is 12.0 Å². The molecule has 1 N–H and O–H groups in total. The van der Waals surface area contributed by atoms with E-state index in [4.69, 9.17) is 4.74 Å². The molecule has 7 nitrogen and oxygen atoms in total. The van der Waals surface area contributed by atoms with Crippen LogP contribution >= 0.6 is 0 Å². The third kappa shape index (κ3) is 3.81. The lowest BCUT2D eigenvalue weighted by Gasteiger charge is -2.35. The van der Waals surface area contributed by atoms with Crippen molar-refractivity contribution in [2.24, 2.45) is 0 Å². The second-order valence-corrected chi connectivity index (χ2v) is 5.04. The molecule has 0 spiro atoms. The number of methoxy groups -OCH3 is 1. The van der Waals surface area contributed by atoms with Crippen LogP contribution in [0.3, 0.4) is 0 Å². The van der Waals surface area contributed by atoms with Crippen molar-refractivity contribution in [1.82, 2.24) is 9.80 Å². The standard InChI is InChI=1S/C15H20N2O5/c1-11(22-13-5-3-12(18)4-6-13)14(19)16-7-9-17(10-8-16)15(20)21-2/h3-6,11,18H,7-10H2,1-2H3. The van der Waals surface area contributed by atoms with Crippen molar-refractivity contribution in [2.45, 2.75) is 13.0 Å². The largest absolute Gasteiger partial charge is 0.508 e. The zero-order valence-electron chi connectivity index (χ0n) is 12.7. The highest BCUT2D eigenvalue weighted by molar-refractivity contribution is 5.81. The highest BCUT2D eigenvalue weighted by Crippen LogP contribution is 2.18. The number of aromatic hydroxyl groups is 1. The van der Waals surface area contributed by atoms with Gasteiger partial charge in [0.15, 0.2) is 6.10 Å². The minimum absolute atomic E-state index is 0.127. The van der Waals surface area contributed by atoms with Gasteiger partial charge in [0.1, 0.15) is 11.5 Å². The number of piperazine rings is 1. The van der Waals surface area contributed by atoms with E-state index in [1.165, 1.54) is 19.2 Å². The van der Waals surface area contributed by atoms with Crippen LogP contribution in [0.4, 0.5) is 4.79 Å². The van der Waals surface area contributed by atoms with Crippen LogP contribution < -0.4 is 4.74 Å². The van der Waals surface area contributed by atoms with Crippen LogP contribution in [0.5, 0.6) is 11.5 Å². The molecule has 7 heteroatoms. The van der Waals surface area contributed by atoms with Crippen LogP contribution in [0.2, 0.25) is 0 Å². The predicted molar refractivity (Wildman–Crippen MR) is 78.8 cm³/mol.